The Kier molecular flexibility index (Phi) is 5.37. The van der Waals surface area contributed by atoms with Gasteiger partial charge in [0.1, 0.15) is 11.4 Å². The molecule has 0 bridgehead atoms. The number of alkyl carbamates (subject to hydrolysis) is 1. The number of carbonyl (C=O) groups is 1. The molecular weight excluding hydrogens is 383 g/mol. The van der Waals surface area contributed by atoms with Crippen molar-refractivity contribution in [3.05, 3.63) is 59.9 Å². The Bertz CT molecular complexity index is 1040. The minimum absolute atomic E-state index is 0.000988. The van der Waals surface area contributed by atoms with Crippen LogP contribution in [0, 0.1) is 5.82 Å². The highest BCUT2D eigenvalue weighted by Gasteiger charge is 2.29. The number of amides is 1. The number of anilines is 1. The minimum Gasteiger partial charge on any atom is -0.444 e. The smallest absolute Gasteiger partial charge is 0.407 e. The van der Waals surface area contributed by atoms with Crippen LogP contribution in [0.3, 0.4) is 0 Å². The summed E-state index contributed by atoms with van der Waals surface area (Å²) in [7, 11) is 0. The summed E-state index contributed by atoms with van der Waals surface area (Å²) >= 11 is 0. The van der Waals surface area contributed by atoms with E-state index in [1.165, 1.54) is 12.1 Å². The molecule has 6 nitrogen and oxygen atoms in total. The average Bonchev–Trinajstić information content (AvgIpc) is 3.27. The van der Waals surface area contributed by atoms with E-state index < -0.39 is 11.7 Å². The van der Waals surface area contributed by atoms with Crippen LogP contribution in [0.25, 0.3) is 11.0 Å². The van der Waals surface area contributed by atoms with Gasteiger partial charge in [0.05, 0.1) is 23.6 Å². The Hall–Kier alpha value is -3.09. The number of hydrogen-bond donors (Lipinski definition) is 1. The quantitative estimate of drug-likeness (QED) is 0.696. The predicted octanol–water partition coefficient (Wildman–Crippen LogP) is 4.33. The lowest BCUT2D eigenvalue weighted by atomic mass is 10.2. The van der Waals surface area contributed by atoms with Gasteiger partial charge in [0.25, 0.3) is 0 Å². The molecule has 0 radical (unpaired) electrons. The van der Waals surface area contributed by atoms with Crippen molar-refractivity contribution in [1.82, 2.24) is 14.9 Å². The van der Waals surface area contributed by atoms with Crippen LogP contribution in [0.1, 0.15) is 32.8 Å². The molecule has 1 atom stereocenters. The first-order valence-electron chi connectivity index (χ1n) is 10.2. The summed E-state index contributed by atoms with van der Waals surface area (Å²) in [5, 5.41) is 2.96. The highest BCUT2D eigenvalue weighted by atomic mass is 19.1. The summed E-state index contributed by atoms with van der Waals surface area (Å²) < 4.78 is 20.9. The molecule has 0 saturated carbocycles. The molecule has 30 heavy (non-hydrogen) atoms. The lowest BCUT2D eigenvalue weighted by molar-refractivity contribution is 0.0509. The zero-order chi connectivity index (χ0) is 21.3. The van der Waals surface area contributed by atoms with E-state index in [9.17, 15) is 9.18 Å². The van der Waals surface area contributed by atoms with Crippen molar-refractivity contribution in [3.8, 4) is 0 Å². The summed E-state index contributed by atoms with van der Waals surface area (Å²) in [5.41, 5.74) is 2.42. The van der Waals surface area contributed by atoms with Crippen LogP contribution in [0.5, 0.6) is 0 Å². The Morgan fingerprint density at radius 2 is 1.93 bits per heavy atom. The Labute approximate surface area is 175 Å². The summed E-state index contributed by atoms with van der Waals surface area (Å²) in [6.07, 6.45) is 0.424. The van der Waals surface area contributed by atoms with Crippen molar-refractivity contribution in [2.24, 2.45) is 0 Å². The fourth-order valence-corrected chi connectivity index (χ4v) is 3.77. The van der Waals surface area contributed by atoms with Gasteiger partial charge in [-0.3, -0.25) is 0 Å². The number of carbonyl (C=O) groups excluding carboxylic acids is 1. The van der Waals surface area contributed by atoms with Gasteiger partial charge in [-0.2, -0.15) is 0 Å². The molecular formula is C23H27FN4O2. The summed E-state index contributed by atoms with van der Waals surface area (Å²) in [6.45, 7) is 7.60. The van der Waals surface area contributed by atoms with Crippen LogP contribution in [-0.4, -0.2) is 40.4 Å². The maximum absolute atomic E-state index is 13.3. The van der Waals surface area contributed by atoms with Crippen molar-refractivity contribution < 1.29 is 13.9 Å². The Morgan fingerprint density at radius 1 is 1.20 bits per heavy atom. The maximum atomic E-state index is 13.3. The van der Waals surface area contributed by atoms with E-state index in [0.717, 1.165) is 35.5 Å². The lowest BCUT2D eigenvalue weighted by Gasteiger charge is -2.22. The number of halogens is 1. The molecule has 1 aromatic heterocycles. The molecule has 3 aromatic rings. The normalized spacial score (nSPS) is 16.8. The van der Waals surface area contributed by atoms with Gasteiger partial charge < -0.3 is 19.5 Å². The number of fused-ring (bicyclic) bond motifs is 1. The third kappa shape index (κ3) is 4.56. The first kappa shape index (κ1) is 20.2. The van der Waals surface area contributed by atoms with E-state index in [-0.39, 0.29) is 11.9 Å². The number of imidazole rings is 1. The molecule has 2 heterocycles. The number of ether oxygens (including phenoxy) is 1. The summed E-state index contributed by atoms with van der Waals surface area (Å²) in [5.74, 6) is 0.610. The van der Waals surface area contributed by atoms with E-state index >= 15 is 0 Å². The van der Waals surface area contributed by atoms with Crippen LogP contribution in [-0.2, 0) is 11.3 Å². The molecule has 1 fully saturated rings. The third-order valence-electron chi connectivity index (χ3n) is 5.08. The highest BCUT2D eigenvalue weighted by Crippen LogP contribution is 2.27. The van der Waals surface area contributed by atoms with Crippen molar-refractivity contribution in [3.63, 3.8) is 0 Å². The fraction of sp³-hybridized carbons (Fsp3) is 0.391. The lowest BCUT2D eigenvalue weighted by Crippen LogP contribution is -2.40. The number of para-hydroxylation sites is 2. The fourth-order valence-electron chi connectivity index (χ4n) is 3.77. The molecule has 7 heteroatoms. The monoisotopic (exact) mass is 410 g/mol. The number of nitrogens with one attached hydrogen (secondary N) is 1. The third-order valence-corrected chi connectivity index (χ3v) is 5.08. The Morgan fingerprint density at radius 3 is 2.67 bits per heavy atom. The largest absolute Gasteiger partial charge is 0.444 e. The van der Waals surface area contributed by atoms with E-state index in [2.05, 4.69) is 14.8 Å². The van der Waals surface area contributed by atoms with Crippen molar-refractivity contribution in [1.29, 1.82) is 0 Å². The molecule has 2 aromatic carbocycles. The predicted molar refractivity (Wildman–Crippen MR) is 115 cm³/mol. The van der Waals surface area contributed by atoms with Crippen molar-refractivity contribution >= 4 is 23.1 Å². The van der Waals surface area contributed by atoms with Crippen LogP contribution >= 0.6 is 0 Å². The van der Waals surface area contributed by atoms with E-state index in [1.54, 1.807) is 12.1 Å². The first-order valence-corrected chi connectivity index (χ1v) is 10.2. The van der Waals surface area contributed by atoms with E-state index in [1.807, 2.05) is 45.0 Å². The number of nitrogens with zero attached hydrogens (tertiary/aromatic N) is 3. The molecule has 0 spiro atoms. The second kappa shape index (κ2) is 7.97. The molecule has 0 unspecified atom stereocenters. The van der Waals surface area contributed by atoms with Gasteiger partial charge in [-0.1, -0.05) is 24.3 Å². The van der Waals surface area contributed by atoms with Gasteiger partial charge in [0.2, 0.25) is 5.95 Å². The van der Waals surface area contributed by atoms with Crippen molar-refractivity contribution in [2.75, 3.05) is 18.0 Å². The summed E-state index contributed by atoms with van der Waals surface area (Å²) in [4.78, 5) is 19.2. The average molecular weight is 410 g/mol. The van der Waals surface area contributed by atoms with Crippen LogP contribution < -0.4 is 10.2 Å². The zero-order valence-electron chi connectivity index (χ0n) is 17.6. The standard InChI is InChI=1S/C23H27FN4O2/c1-23(2,3)30-22(29)25-18-12-13-27(15-18)21-26-19-6-4-5-7-20(19)28(21)14-16-8-10-17(24)11-9-16/h4-11,18H,12-15H2,1-3H3,(H,25,29)/t18-/m1/s1. The molecule has 1 N–H and O–H groups in total. The highest BCUT2D eigenvalue weighted by molar-refractivity contribution is 5.79. The van der Waals surface area contributed by atoms with Gasteiger partial charge in [-0.25, -0.2) is 14.2 Å². The number of hydrogen-bond acceptors (Lipinski definition) is 4. The molecule has 158 valence electrons. The van der Waals surface area contributed by atoms with Crippen LogP contribution in [0.2, 0.25) is 0 Å². The molecule has 4 rings (SSSR count). The SMILES string of the molecule is CC(C)(C)OC(=O)N[C@@H]1CCN(c2nc3ccccc3n2Cc2ccc(F)cc2)C1. The number of benzene rings is 2. The van der Waals surface area contributed by atoms with Crippen molar-refractivity contribution in [2.45, 2.75) is 45.4 Å². The zero-order valence-corrected chi connectivity index (χ0v) is 17.6. The van der Waals surface area contributed by atoms with Crippen LogP contribution in [0.4, 0.5) is 15.1 Å². The van der Waals surface area contributed by atoms with Gasteiger partial charge in [-0.05, 0) is 57.0 Å². The van der Waals surface area contributed by atoms with E-state index in [0.29, 0.717) is 13.1 Å². The second-order valence-corrected chi connectivity index (χ2v) is 8.69. The molecule has 1 aliphatic heterocycles. The van der Waals surface area contributed by atoms with Crippen LogP contribution in [0.15, 0.2) is 48.5 Å². The topological polar surface area (TPSA) is 59.4 Å². The van der Waals surface area contributed by atoms with Gasteiger partial charge in [0.15, 0.2) is 0 Å². The second-order valence-electron chi connectivity index (χ2n) is 8.69. The molecule has 0 aliphatic carbocycles. The van der Waals surface area contributed by atoms with Gasteiger partial charge in [0, 0.05) is 13.1 Å². The first-order chi connectivity index (χ1) is 14.3. The Balaban J connectivity index is 1.55. The van der Waals surface area contributed by atoms with Gasteiger partial charge in [-0.15, -0.1) is 0 Å². The molecule has 1 aliphatic rings. The summed E-state index contributed by atoms with van der Waals surface area (Å²) in [6, 6.07) is 14.5. The number of rotatable bonds is 4. The minimum atomic E-state index is -0.522. The number of aromatic nitrogens is 2. The van der Waals surface area contributed by atoms with Gasteiger partial charge >= 0.3 is 6.09 Å². The molecule has 1 saturated heterocycles. The maximum Gasteiger partial charge on any atom is 0.407 e. The van der Waals surface area contributed by atoms with E-state index in [4.69, 9.17) is 9.72 Å². The molecule has 1 amide bonds.